The SMILES string of the molecule is CC(Oc1cccc(N(C)C)c1)c1nc(CCl)cs1. The maximum Gasteiger partial charge on any atom is 0.147 e. The molecule has 0 fully saturated rings. The smallest absolute Gasteiger partial charge is 0.147 e. The van der Waals surface area contributed by atoms with Crippen molar-refractivity contribution in [2.75, 3.05) is 19.0 Å². The predicted octanol–water partition coefficient (Wildman–Crippen LogP) is 4.09. The lowest BCUT2D eigenvalue weighted by Gasteiger charge is -2.16. The zero-order valence-corrected chi connectivity index (χ0v) is 12.8. The summed E-state index contributed by atoms with van der Waals surface area (Å²) in [7, 11) is 4.02. The number of aromatic nitrogens is 1. The molecule has 0 saturated carbocycles. The van der Waals surface area contributed by atoms with E-state index in [-0.39, 0.29) is 6.10 Å². The van der Waals surface area contributed by atoms with Crippen LogP contribution in [0.3, 0.4) is 0 Å². The molecule has 1 aromatic heterocycles. The first-order chi connectivity index (χ1) is 9.10. The Morgan fingerprint density at radius 2 is 2.21 bits per heavy atom. The Hall–Kier alpha value is -1.26. The zero-order valence-electron chi connectivity index (χ0n) is 11.3. The Balaban J connectivity index is 2.09. The molecular weight excluding hydrogens is 280 g/mol. The fourth-order valence-corrected chi connectivity index (χ4v) is 2.69. The Morgan fingerprint density at radius 1 is 1.42 bits per heavy atom. The predicted molar refractivity (Wildman–Crippen MR) is 81.5 cm³/mol. The topological polar surface area (TPSA) is 25.4 Å². The van der Waals surface area contributed by atoms with E-state index in [2.05, 4.69) is 4.98 Å². The van der Waals surface area contributed by atoms with E-state index in [4.69, 9.17) is 16.3 Å². The van der Waals surface area contributed by atoms with Gasteiger partial charge in [-0.15, -0.1) is 22.9 Å². The van der Waals surface area contributed by atoms with Crippen molar-refractivity contribution in [1.82, 2.24) is 4.98 Å². The van der Waals surface area contributed by atoms with Crippen LogP contribution in [-0.2, 0) is 5.88 Å². The van der Waals surface area contributed by atoms with Crippen molar-refractivity contribution in [2.24, 2.45) is 0 Å². The van der Waals surface area contributed by atoms with Crippen molar-refractivity contribution in [3.8, 4) is 5.75 Å². The van der Waals surface area contributed by atoms with Gasteiger partial charge in [-0.1, -0.05) is 6.07 Å². The van der Waals surface area contributed by atoms with E-state index in [9.17, 15) is 0 Å². The third kappa shape index (κ3) is 3.61. The summed E-state index contributed by atoms with van der Waals surface area (Å²) in [5, 5.41) is 2.92. The minimum absolute atomic E-state index is 0.0700. The molecule has 5 heteroatoms. The number of halogens is 1. The van der Waals surface area contributed by atoms with Gasteiger partial charge in [0.2, 0.25) is 0 Å². The highest BCUT2D eigenvalue weighted by Crippen LogP contribution is 2.27. The van der Waals surface area contributed by atoms with Gasteiger partial charge in [-0.3, -0.25) is 0 Å². The second-order valence-corrected chi connectivity index (χ2v) is 5.62. The highest BCUT2D eigenvalue weighted by atomic mass is 35.5. The monoisotopic (exact) mass is 296 g/mol. The molecule has 0 saturated heterocycles. The third-order valence-electron chi connectivity index (χ3n) is 2.70. The number of hydrogen-bond acceptors (Lipinski definition) is 4. The molecule has 0 aliphatic heterocycles. The molecule has 0 N–H and O–H groups in total. The molecule has 1 unspecified atom stereocenters. The van der Waals surface area contributed by atoms with Gasteiger partial charge in [0.25, 0.3) is 0 Å². The van der Waals surface area contributed by atoms with E-state index in [0.29, 0.717) is 5.88 Å². The average Bonchev–Trinajstić information content (AvgIpc) is 2.88. The first-order valence-corrected chi connectivity index (χ1v) is 7.46. The van der Waals surface area contributed by atoms with E-state index in [1.165, 1.54) is 0 Å². The summed E-state index contributed by atoms with van der Waals surface area (Å²) < 4.78 is 5.93. The number of anilines is 1. The number of alkyl halides is 1. The molecule has 0 aliphatic carbocycles. The molecule has 0 amide bonds. The van der Waals surface area contributed by atoms with E-state index in [1.807, 2.05) is 55.6 Å². The normalized spacial score (nSPS) is 12.2. The summed E-state index contributed by atoms with van der Waals surface area (Å²) in [4.78, 5) is 6.48. The Kier molecular flexibility index (Phi) is 4.66. The molecule has 0 radical (unpaired) electrons. The van der Waals surface area contributed by atoms with Crippen LogP contribution >= 0.6 is 22.9 Å². The highest BCUT2D eigenvalue weighted by Gasteiger charge is 2.12. The second kappa shape index (κ2) is 6.26. The standard InChI is InChI=1S/C14H17ClN2OS/c1-10(14-16-11(8-15)9-19-14)18-13-6-4-5-12(7-13)17(2)3/h4-7,9-10H,8H2,1-3H3. The maximum absolute atomic E-state index is 5.93. The maximum atomic E-state index is 5.93. The molecule has 3 nitrogen and oxygen atoms in total. The molecule has 102 valence electrons. The van der Waals surface area contributed by atoms with Gasteiger partial charge in [0.05, 0.1) is 11.6 Å². The van der Waals surface area contributed by atoms with Crippen LogP contribution in [-0.4, -0.2) is 19.1 Å². The van der Waals surface area contributed by atoms with E-state index < -0.39 is 0 Å². The van der Waals surface area contributed by atoms with Crippen molar-refractivity contribution in [1.29, 1.82) is 0 Å². The van der Waals surface area contributed by atoms with Gasteiger partial charge in [0.1, 0.15) is 16.9 Å². The van der Waals surface area contributed by atoms with Crippen molar-refractivity contribution >= 4 is 28.6 Å². The molecule has 1 aromatic carbocycles. The van der Waals surface area contributed by atoms with Crippen molar-refractivity contribution in [2.45, 2.75) is 18.9 Å². The fraction of sp³-hybridized carbons (Fsp3) is 0.357. The molecule has 1 atom stereocenters. The number of benzene rings is 1. The summed E-state index contributed by atoms with van der Waals surface area (Å²) in [5.41, 5.74) is 2.02. The minimum Gasteiger partial charge on any atom is -0.483 e. The largest absolute Gasteiger partial charge is 0.483 e. The Bertz CT molecular complexity index is 542. The molecule has 2 rings (SSSR count). The number of rotatable bonds is 5. The fourth-order valence-electron chi connectivity index (χ4n) is 1.66. The van der Waals surface area contributed by atoms with Gasteiger partial charge in [-0.2, -0.15) is 0 Å². The van der Waals surface area contributed by atoms with Crippen LogP contribution in [0.2, 0.25) is 0 Å². The van der Waals surface area contributed by atoms with Gasteiger partial charge >= 0.3 is 0 Å². The van der Waals surface area contributed by atoms with Crippen LogP contribution in [0.15, 0.2) is 29.6 Å². The van der Waals surface area contributed by atoms with E-state index >= 15 is 0 Å². The number of thiazole rings is 1. The quantitative estimate of drug-likeness (QED) is 0.777. The highest BCUT2D eigenvalue weighted by molar-refractivity contribution is 7.09. The first-order valence-electron chi connectivity index (χ1n) is 6.04. The van der Waals surface area contributed by atoms with Crippen LogP contribution in [0.25, 0.3) is 0 Å². The van der Waals surface area contributed by atoms with Crippen LogP contribution in [0.5, 0.6) is 5.75 Å². The summed E-state index contributed by atoms with van der Waals surface area (Å²) in [6, 6.07) is 8.02. The Morgan fingerprint density at radius 3 is 2.84 bits per heavy atom. The van der Waals surface area contributed by atoms with Crippen molar-refractivity contribution in [3.63, 3.8) is 0 Å². The van der Waals surface area contributed by atoms with Crippen LogP contribution < -0.4 is 9.64 Å². The summed E-state index contributed by atoms with van der Waals surface area (Å²) in [6.45, 7) is 2.00. The van der Waals surface area contributed by atoms with Crippen molar-refractivity contribution < 1.29 is 4.74 Å². The lowest BCUT2D eigenvalue weighted by molar-refractivity contribution is 0.226. The van der Waals surface area contributed by atoms with E-state index in [1.54, 1.807) is 11.3 Å². The van der Waals surface area contributed by atoms with Gasteiger partial charge in [-0.05, 0) is 19.1 Å². The molecular formula is C14H17ClN2OS. The summed E-state index contributed by atoms with van der Waals surface area (Å²) >= 11 is 7.34. The second-order valence-electron chi connectivity index (χ2n) is 4.46. The first kappa shape index (κ1) is 14.2. The molecule has 0 spiro atoms. The summed E-state index contributed by atoms with van der Waals surface area (Å²) in [5.74, 6) is 1.29. The lowest BCUT2D eigenvalue weighted by Crippen LogP contribution is -2.09. The lowest BCUT2D eigenvalue weighted by atomic mass is 10.3. The van der Waals surface area contributed by atoms with Crippen LogP contribution in [0, 0.1) is 0 Å². The molecule has 0 bridgehead atoms. The third-order valence-corrected chi connectivity index (χ3v) is 4.03. The van der Waals surface area contributed by atoms with Gasteiger partial charge < -0.3 is 9.64 Å². The van der Waals surface area contributed by atoms with Crippen LogP contribution in [0.1, 0.15) is 23.7 Å². The summed E-state index contributed by atoms with van der Waals surface area (Å²) in [6.07, 6.45) is -0.0700. The molecule has 0 aliphatic rings. The number of nitrogens with zero attached hydrogens (tertiary/aromatic N) is 2. The molecule has 2 aromatic rings. The number of ether oxygens (including phenoxy) is 1. The van der Waals surface area contributed by atoms with Crippen LogP contribution in [0.4, 0.5) is 5.69 Å². The molecule has 19 heavy (non-hydrogen) atoms. The van der Waals surface area contributed by atoms with Gasteiger partial charge in [0.15, 0.2) is 0 Å². The average molecular weight is 297 g/mol. The minimum atomic E-state index is -0.0700. The van der Waals surface area contributed by atoms with Gasteiger partial charge in [0, 0.05) is 31.2 Å². The zero-order chi connectivity index (χ0) is 13.8. The molecule has 1 heterocycles. The van der Waals surface area contributed by atoms with Crippen molar-refractivity contribution in [3.05, 3.63) is 40.3 Å². The number of hydrogen-bond donors (Lipinski definition) is 0. The van der Waals surface area contributed by atoms with E-state index in [0.717, 1.165) is 22.1 Å². The Labute approximate surface area is 122 Å². The van der Waals surface area contributed by atoms with Gasteiger partial charge in [-0.25, -0.2) is 4.98 Å².